The van der Waals surface area contributed by atoms with Gasteiger partial charge in [0.25, 0.3) is 0 Å². The van der Waals surface area contributed by atoms with Gasteiger partial charge in [0, 0.05) is 29.4 Å². The Labute approximate surface area is 138 Å². The normalized spacial score (nSPS) is 10.3. The molecule has 0 fully saturated rings. The molecule has 0 unspecified atom stereocenters. The van der Waals surface area contributed by atoms with Gasteiger partial charge >= 0.3 is 0 Å². The lowest BCUT2D eigenvalue weighted by atomic mass is 10.1. The minimum atomic E-state index is -0.106. The molecule has 22 heavy (non-hydrogen) atoms. The predicted octanol–water partition coefficient (Wildman–Crippen LogP) is 4.04. The van der Waals surface area contributed by atoms with Crippen LogP contribution in [0.15, 0.2) is 53.0 Å². The summed E-state index contributed by atoms with van der Waals surface area (Å²) in [7, 11) is 0. The Morgan fingerprint density at radius 2 is 1.59 bits per heavy atom. The van der Waals surface area contributed by atoms with Crippen molar-refractivity contribution in [1.29, 1.82) is 0 Å². The van der Waals surface area contributed by atoms with Crippen LogP contribution in [-0.4, -0.2) is 11.7 Å². The Morgan fingerprint density at radius 3 is 2.23 bits per heavy atom. The molecule has 0 radical (unpaired) electrons. The smallest absolute Gasteiger partial charge is 0.220 e. The third-order valence-electron chi connectivity index (χ3n) is 3.36. The Kier molecular flexibility index (Phi) is 5.90. The van der Waals surface area contributed by atoms with E-state index >= 15 is 0 Å². The number of hydrogen-bond donors (Lipinski definition) is 1. The van der Waals surface area contributed by atoms with Crippen LogP contribution in [0.2, 0.25) is 0 Å². The predicted molar refractivity (Wildman–Crippen MR) is 90.7 cm³/mol. The number of halogens is 1. The second-order valence-corrected chi connectivity index (χ2v) is 6.11. The highest BCUT2D eigenvalue weighted by molar-refractivity contribution is 9.10. The summed E-state index contributed by atoms with van der Waals surface area (Å²) in [5, 5.41) is 2.84. The number of Topliss-reactive ketones (excluding diaryl/α,β-unsaturated/α-hetero) is 1. The summed E-state index contributed by atoms with van der Waals surface area (Å²) in [5.74, 6) is -0.121. The van der Waals surface area contributed by atoms with E-state index in [9.17, 15) is 9.59 Å². The van der Waals surface area contributed by atoms with E-state index < -0.39 is 0 Å². The Hall–Kier alpha value is -1.94. The van der Waals surface area contributed by atoms with E-state index in [0.717, 1.165) is 10.0 Å². The molecular weight excluding hydrogens is 342 g/mol. The van der Waals surface area contributed by atoms with Gasteiger partial charge in [-0.25, -0.2) is 0 Å². The van der Waals surface area contributed by atoms with Crippen molar-refractivity contribution in [2.45, 2.75) is 26.3 Å². The molecular formula is C18H18BrNO2. The summed E-state index contributed by atoms with van der Waals surface area (Å²) in [6, 6.07) is 15.2. The highest BCUT2D eigenvalue weighted by Gasteiger charge is 2.09. The summed E-state index contributed by atoms with van der Waals surface area (Å²) in [5.41, 5.74) is 2.88. The SMILES string of the molecule is Cc1ccc(CNC(=O)CCC(=O)c2ccc(Br)cc2)cc1. The largest absolute Gasteiger partial charge is 0.352 e. The van der Waals surface area contributed by atoms with E-state index in [2.05, 4.69) is 21.2 Å². The Bertz CT molecular complexity index is 648. The molecule has 0 saturated heterocycles. The molecule has 1 amide bonds. The second kappa shape index (κ2) is 7.90. The monoisotopic (exact) mass is 359 g/mol. The first-order valence-corrected chi connectivity index (χ1v) is 7.95. The van der Waals surface area contributed by atoms with Crippen LogP contribution >= 0.6 is 15.9 Å². The summed E-state index contributed by atoms with van der Waals surface area (Å²) in [6.07, 6.45) is 0.433. The fourth-order valence-electron chi connectivity index (χ4n) is 2.00. The van der Waals surface area contributed by atoms with E-state index in [1.807, 2.05) is 43.3 Å². The summed E-state index contributed by atoms with van der Waals surface area (Å²) >= 11 is 3.33. The molecule has 0 aliphatic rings. The highest BCUT2D eigenvalue weighted by atomic mass is 79.9. The lowest BCUT2D eigenvalue weighted by Crippen LogP contribution is -2.23. The van der Waals surface area contributed by atoms with Crippen LogP contribution in [0.4, 0.5) is 0 Å². The van der Waals surface area contributed by atoms with Crippen LogP contribution in [0, 0.1) is 6.92 Å². The van der Waals surface area contributed by atoms with Gasteiger partial charge in [-0.2, -0.15) is 0 Å². The number of nitrogens with one attached hydrogen (secondary N) is 1. The van der Waals surface area contributed by atoms with Gasteiger partial charge in [-0.15, -0.1) is 0 Å². The van der Waals surface area contributed by atoms with Gasteiger partial charge in [0.1, 0.15) is 0 Å². The van der Waals surface area contributed by atoms with Crippen molar-refractivity contribution in [2.24, 2.45) is 0 Å². The molecule has 3 nitrogen and oxygen atoms in total. The van der Waals surface area contributed by atoms with Gasteiger partial charge in [0.15, 0.2) is 5.78 Å². The summed E-state index contributed by atoms with van der Waals surface area (Å²) in [6.45, 7) is 2.52. The van der Waals surface area contributed by atoms with Crippen molar-refractivity contribution < 1.29 is 9.59 Å². The number of carbonyl (C=O) groups is 2. The van der Waals surface area contributed by atoms with Gasteiger partial charge in [-0.05, 0) is 24.6 Å². The number of amides is 1. The van der Waals surface area contributed by atoms with Crippen molar-refractivity contribution >= 4 is 27.6 Å². The molecule has 0 aromatic heterocycles. The van der Waals surface area contributed by atoms with Gasteiger partial charge in [0.2, 0.25) is 5.91 Å². The maximum Gasteiger partial charge on any atom is 0.220 e. The summed E-state index contributed by atoms with van der Waals surface area (Å²) in [4.78, 5) is 23.8. The van der Waals surface area contributed by atoms with Gasteiger partial charge < -0.3 is 5.32 Å². The number of carbonyl (C=O) groups excluding carboxylic acids is 2. The van der Waals surface area contributed by atoms with E-state index in [1.54, 1.807) is 12.1 Å². The van der Waals surface area contributed by atoms with Crippen molar-refractivity contribution in [3.63, 3.8) is 0 Å². The second-order valence-electron chi connectivity index (χ2n) is 5.19. The molecule has 0 atom stereocenters. The molecule has 0 aliphatic heterocycles. The lowest BCUT2D eigenvalue weighted by Gasteiger charge is -2.06. The van der Waals surface area contributed by atoms with Crippen molar-refractivity contribution in [3.05, 3.63) is 69.7 Å². The van der Waals surface area contributed by atoms with Crippen LogP contribution in [-0.2, 0) is 11.3 Å². The minimum Gasteiger partial charge on any atom is -0.352 e. The van der Waals surface area contributed by atoms with Crippen molar-refractivity contribution in [1.82, 2.24) is 5.32 Å². The molecule has 114 valence electrons. The number of ketones is 1. The molecule has 0 spiro atoms. The van der Waals surface area contributed by atoms with Crippen LogP contribution < -0.4 is 5.32 Å². The molecule has 1 N–H and O–H groups in total. The quantitative estimate of drug-likeness (QED) is 0.791. The standard InChI is InChI=1S/C18H18BrNO2/c1-13-2-4-14(5-3-13)12-20-18(22)11-10-17(21)15-6-8-16(19)9-7-15/h2-9H,10-12H2,1H3,(H,20,22). The zero-order valence-corrected chi connectivity index (χ0v) is 14.0. The Morgan fingerprint density at radius 1 is 0.955 bits per heavy atom. The van der Waals surface area contributed by atoms with E-state index in [4.69, 9.17) is 0 Å². The molecule has 0 bridgehead atoms. The van der Waals surface area contributed by atoms with Crippen LogP contribution in [0.3, 0.4) is 0 Å². The molecule has 4 heteroatoms. The van der Waals surface area contributed by atoms with Crippen LogP contribution in [0.5, 0.6) is 0 Å². The fourth-order valence-corrected chi connectivity index (χ4v) is 2.27. The first-order chi connectivity index (χ1) is 10.5. The molecule has 0 saturated carbocycles. The first-order valence-electron chi connectivity index (χ1n) is 7.15. The molecule has 2 aromatic rings. The number of rotatable bonds is 6. The van der Waals surface area contributed by atoms with Gasteiger partial charge in [-0.1, -0.05) is 57.9 Å². The van der Waals surface area contributed by atoms with Crippen LogP contribution in [0.25, 0.3) is 0 Å². The van der Waals surface area contributed by atoms with Crippen LogP contribution in [0.1, 0.15) is 34.3 Å². The fraction of sp³-hybridized carbons (Fsp3) is 0.222. The zero-order valence-electron chi connectivity index (χ0n) is 12.4. The number of hydrogen-bond acceptors (Lipinski definition) is 2. The molecule has 0 heterocycles. The lowest BCUT2D eigenvalue weighted by molar-refractivity contribution is -0.121. The summed E-state index contributed by atoms with van der Waals surface area (Å²) < 4.78 is 0.930. The molecule has 0 aliphatic carbocycles. The average molecular weight is 360 g/mol. The van der Waals surface area contributed by atoms with Crippen molar-refractivity contribution in [3.8, 4) is 0 Å². The zero-order chi connectivity index (χ0) is 15.9. The van der Waals surface area contributed by atoms with Gasteiger partial charge in [0.05, 0.1) is 0 Å². The molecule has 2 aromatic carbocycles. The maximum absolute atomic E-state index is 12.0. The van der Waals surface area contributed by atoms with Gasteiger partial charge in [-0.3, -0.25) is 9.59 Å². The third-order valence-corrected chi connectivity index (χ3v) is 3.88. The van der Waals surface area contributed by atoms with E-state index in [0.29, 0.717) is 12.1 Å². The number of aryl methyl sites for hydroxylation is 1. The van der Waals surface area contributed by atoms with E-state index in [1.165, 1.54) is 5.56 Å². The highest BCUT2D eigenvalue weighted by Crippen LogP contribution is 2.12. The third kappa shape index (κ3) is 5.11. The topological polar surface area (TPSA) is 46.2 Å². The minimum absolute atomic E-state index is 0.0158. The van der Waals surface area contributed by atoms with E-state index in [-0.39, 0.29) is 24.5 Å². The Balaban J connectivity index is 1.76. The molecule has 2 rings (SSSR count). The average Bonchev–Trinajstić information content (AvgIpc) is 2.52. The maximum atomic E-state index is 12.0. The van der Waals surface area contributed by atoms with Crippen molar-refractivity contribution in [2.75, 3.05) is 0 Å². The first kappa shape index (κ1) is 16.4. The number of benzene rings is 2.